The number of carbonyl (C=O) groups excluding carboxylic acids is 1. The van der Waals surface area contributed by atoms with Gasteiger partial charge in [0.15, 0.2) is 12.6 Å². The summed E-state index contributed by atoms with van der Waals surface area (Å²) in [6.07, 6.45) is 1.36. The molecule has 1 saturated heterocycles. The van der Waals surface area contributed by atoms with E-state index in [1.807, 2.05) is 13.8 Å². The third-order valence-corrected chi connectivity index (χ3v) is 17.5. The molecule has 1 fully saturated rings. The number of hydrogen-bond acceptors (Lipinski definition) is 47. The van der Waals surface area contributed by atoms with E-state index < -0.39 is 5.79 Å². The predicted octanol–water partition coefficient (Wildman–Crippen LogP) is 1.54. The maximum atomic E-state index is 9.99. The lowest BCUT2D eigenvalue weighted by Gasteiger charge is -2.20. The van der Waals surface area contributed by atoms with Gasteiger partial charge < -0.3 is 218 Å². The van der Waals surface area contributed by atoms with Crippen LogP contribution in [0.4, 0.5) is 0 Å². The van der Waals surface area contributed by atoms with Crippen molar-refractivity contribution in [3.8, 4) is 0 Å². The Morgan fingerprint density at radius 2 is 0.355 bits per heavy atom. The molecular weight excluding hydrogens is 1880 g/mol. The van der Waals surface area contributed by atoms with Gasteiger partial charge in [-0.05, 0) is 13.8 Å². The van der Waals surface area contributed by atoms with Crippen LogP contribution in [-0.4, -0.2) is 593 Å². The highest BCUT2D eigenvalue weighted by atomic mass is 16.8. The lowest BCUT2D eigenvalue weighted by molar-refractivity contribution is -0.148. The highest BCUT2D eigenvalue weighted by Crippen LogP contribution is 2.22. The molecule has 1 aliphatic rings. The fraction of sp³-hybridized carbons (Fsp3) is 0.968. The lowest BCUT2D eigenvalue weighted by Crippen LogP contribution is -2.30. The van der Waals surface area contributed by atoms with Crippen LogP contribution in [-0.2, 0) is 223 Å². The van der Waals surface area contributed by atoms with Gasteiger partial charge in [0.2, 0.25) is 0 Å². The van der Waals surface area contributed by atoms with E-state index in [1.165, 1.54) is 0 Å². The first kappa shape index (κ1) is 136. The van der Waals surface area contributed by atoms with Gasteiger partial charge in [-0.3, -0.25) is 4.79 Å². The molecule has 0 aromatic carbocycles. The van der Waals surface area contributed by atoms with Gasteiger partial charge in [0.05, 0.1) is 562 Å². The largest absolute Gasteiger partial charge is 0.441 e. The van der Waals surface area contributed by atoms with Gasteiger partial charge in [0.25, 0.3) is 6.47 Å². The second-order valence-electron chi connectivity index (χ2n) is 29.5. The Morgan fingerprint density at radius 1 is 0.213 bits per heavy atom. The normalized spacial score (nSPS) is 13.5. The van der Waals surface area contributed by atoms with Crippen LogP contribution >= 0.6 is 0 Å². The summed E-state index contributed by atoms with van der Waals surface area (Å²) in [6.45, 7) is 47.2. The minimum absolute atomic E-state index is 0.0754. The van der Waals surface area contributed by atoms with E-state index in [9.17, 15) is 4.79 Å². The van der Waals surface area contributed by atoms with E-state index in [4.69, 9.17) is 213 Å². The summed E-state index contributed by atoms with van der Waals surface area (Å²) in [5.74, 6) is -0.581. The molecule has 0 bridgehead atoms. The van der Waals surface area contributed by atoms with Crippen molar-refractivity contribution in [2.45, 2.75) is 31.8 Å². The first-order chi connectivity index (χ1) is 70.1. The quantitative estimate of drug-likeness (QED) is 0.0361. The number of hydrogen-bond donors (Lipinski definition) is 0. The lowest BCUT2D eigenvalue weighted by atomic mass is 10.3. The molecule has 1 heterocycles. The van der Waals surface area contributed by atoms with E-state index in [0.717, 1.165) is 0 Å². The van der Waals surface area contributed by atoms with Crippen molar-refractivity contribution < 1.29 is 223 Å². The van der Waals surface area contributed by atoms with E-state index in [2.05, 4.69) is 11.3 Å². The van der Waals surface area contributed by atoms with Crippen LogP contribution in [0.2, 0.25) is 0 Å². The van der Waals surface area contributed by atoms with Crippen molar-refractivity contribution in [3.05, 3.63) is 12.7 Å². The molecule has 2 unspecified atom stereocenters. The monoisotopic (exact) mass is 2070 g/mol. The van der Waals surface area contributed by atoms with Gasteiger partial charge in [-0.15, -0.1) is 6.58 Å². The fourth-order valence-electron chi connectivity index (χ4n) is 10.6. The molecular formula is C94H184O47. The fourth-order valence-corrected chi connectivity index (χ4v) is 10.6. The molecule has 0 radical (unpaired) electrons. The van der Waals surface area contributed by atoms with Crippen LogP contribution in [0.3, 0.4) is 0 Å². The maximum Gasteiger partial charge on any atom is 0.295 e. The van der Waals surface area contributed by atoms with Crippen LogP contribution in [0.1, 0.15) is 13.8 Å². The van der Waals surface area contributed by atoms with Gasteiger partial charge in [-0.1, -0.05) is 6.08 Å². The van der Waals surface area contributed by atoms with Crippen molar-refractivity contribution in [2.24, 2.45) is 0 Å². The maximum absolute atomic E-state index is 9.99. The zero-order chi connectivity index (χ0) is 100. The van der Waals surface area contributed by atoms with Gasteiger partial charge >= 0.3 is 0 Å². The van der Waals surface area contributed by atoms with Crippen LogP contribution < -0.4 is 0 Å². The Bertz CT molecular complexity index is 2180. The topological polar surface area (TPSA) is 442 Å². The molecule has 0 N–H and O–H groups in total. The Kier molecular flexibility index (Phi) is 120. The molecule has 0 aromatic rings. The van der Waals surface area contributed by atoms with Crippen molar-refractivity contribution in [2.75, 3.05) is 568 Å². The molecule has 47 heteroatoms. The number of carbonyl (C=O) groups is 1. The molecule has 842 valence electrons. The van der Waals surface area contributed by atoms with Gasteiger partial charge in [-0.25, -0.2) is 0 Å². The van der Waals surface area contributed by atoms with Gasteiger partial charge in [0.1, 0.15) is 12.2 Å². The molecule has 2 atom stereocenters. The van der Waals surface area contributed by atoms with E-state index in [-0.39, 0.29) is 19.0 Å². The summed E-state index contributed by atoms with van der Waals surface area (Å²) >= 11 is 0. The SMILES string of the molecule is C=CCOCC(COCC1COC(C)(C)O1)OCCOCCOCCOCCOCCOCCOCCOCCOCCOCCOCCOCCOCCOCCOCCOCCOCCOCCOCCOCCOCCOCCOCCOCCOCCOCCOCCOCCOCCOCCOCCOCCOCCOCCOCCOCCOCCOCCOCCOCCOCOC=O. The minimum Gasteiger partial charge on any atom is -0.441 e. The van der Waals surface area contributed by atoms with Crippen molar-refractivity contribution in [3.63, 3.8) is 0 Å². The first-order valence-corrected chi connectivity index (χ1v) is 49.9. The average molecular weight is 2070 g/mol. The average Bonchev–Trinajstić information content (AvgIpc) is 1.73. The van der Waals surface area contributed by atoms with E-state index >= 15 is 0 Å². The van der Waals surface area contributed by atoms with E-state index in [1.54, 1.807) is 6.08 Å². The zero-order valence-corrected chi connectivity index (χ0v) is 85.5. The second kappa shape index (κ2) is 124. The molecule has 0 aromatic heterocycles. The third-order valence-electron chi connectivity index (χ3n) is 17.5. The van der Waals surface area contributed by atoms with Crippen LogP contribution in [0.25, 0.3) is 0 Å². The summed E-state index contributed by atoms with van der Waals surface area (Å²) < 4.78 is 254. The Balaban J connectivity index is 1.59. The zero-order valence-electron chi connectivity index (χ0n) is 85.5. The smallest absolute Gasteiger partial charge is 0.295 e. The second-order valence-corrected chi connectivity index (χ2v) is 29.5. The molecule has 0 saturated carbocycles. The highest BCUT2D eigenvalue weighted by Gasteiger charge is 2.33. The molecule has 1 aliphatic heterocycles. The van der Waals surface area contributed by atoms with Gasteiger partial charge in [-0.2, -0.15) is 0 Å². The summed E-state index contributed by atoms with van der Waals surface area (Å²) in [7, 11) is 0. The summed E-state index contributed by atoms with van der Waals surface area (Å²) in [6, 6.07) is 0. The van der Waals surface area contributed by atoms with Crippen molar-refractivity contribution >= 4 is 6.47 Å². The van der Waals surface area contributed by atoms with E-state index in [0.29, 0.717) is 568 Å². The molecule has 0 amide bonds. The Morgan fingerprint density at radius 3 is 0.489 bits per heavy atom. The number of ether oxygens (including phenoxy) is 46. The van der Waals surface area contributed by atoms with Crippen LogP contribution in [0.5, 0.6) is 0 Å². The van der Waals surface area contributed by atoms with Crippen molar-refractivity contribution in [1.82, 2.24) is 0 Å². The predicted molar refractivity (Wildman–Crippen MR) is 506 cm³/mol. The summed E-state index contributed by atoms with van der Waals surface area (Å²) in [4.78, 5) is 9.99. The number of rotatable bonds is 132. The minimum atomic E-state index is -0.581. The molecule has 0 aliphatic carbocycles. The summed E-state index contributed by atoms with van der Waals surface area (Å²) in [5, 5.41) is 0. The molecule has 47 nitrogen and oxygen atoms in total. The molecule has 0 spiro atoms. The third kappa shape index (κ3) is 121. The van der Waals surface area contributed by atoms with Gasteiger partial charge in [0, 0.05) is 0 Å². The molecule has 141 heavy (non-hydrogen) atoms. The standard InChI is InChI=1S/C94H184O47/c1-4-5-135-86-92(87-137-88-93-89-140-94(2,3)141-93)139-85-84-134-81-80-132-77-76-130-73-72-128-69-68-126-65-64-124-61-60-122-57-56-120-53-52-118-49-48-116-45-44-114-41-40-112-37-36-110-33-32-108-29-28-106-25-24-104-21-20-102-17-16-100-13-12-98-9-8-96-6-7-97-10-11-99-14-15-101-18-19-103-22-23-105-26-27-107-30-31-109-34-35-111-38-39-113-42-43-115-46-47-117-50-51-119-54-55-121-58-59-123-62-63-125-66-67-127-70-71-129-74-75-131-78-79-133-82-83-136-91-138-90-95/h4,90,92-93H,1,5-89,91H2,2-3H3. The summed E-state index contributed by atoms with van der Waals surface area (Å²) in [5.41, 5.74) is 0. The molecule has 1 rings (SSSR count). The highest BCUT2D eigenvalue weighted by molar-refractivity contribution is 5.36. The Labute approximate surface area is 838 Å². The van der Waals surface area contributed by atoms with Crippen LogP contribution in [0.15, 0.2) is 12.7 Å². The van der Waals surface area contributed by atoms with Crippen LogP contribution in [0, 0.1) is 0 Å². The van der Waals surface area contributed by atoms with Crippen molar-refractivity contribution in [1.29, 1.82) is 0 Å². The first-order valence-electron chi connectivity index (χ1n) is 49.9. The Hall–Kier alpha value is -2.59.